The lowest BCUT2D eigenvalue weighted by Crippen LogP contribution is -2.50. The Morgan fingerprint density at radius 3 is 2.16 bits per heavy atom. The molecule has 0 aliphatic carbocycles. The first-order valence-corrected chi connectivity index (χ1v) is 11.3. The molecule has 0 spiro atoms. The summed E-state index contributed by atoms with van der Waals surface area (Å²) >= 11 is 1.74. The van der Waals surface area contributed by atoms with Crippen LogP contribution in [0, 0.1) is 0 Å². The van der Waals surface area contributed by atoms with Gasteiger partial charge in [-0.25, -0.2) is 4.98 Å². The van der Waals surface area contributed by atoms with Crippen LogP contribution in [-0.2, 0) is 6.54 Å². The normalized spacial score (nSPS) is 18.7. The van der Waals surface area contributed by atoms with Crippen LogP contribution in [0.15, 0.2) is 48.5 Å². The summed E-state index contributed by atoms with van der Waals surface area (Å²) in [6, 6.07) is 15.0. The Morgan fingerprint density at radius 1 is 0.871 bits per heavy atom. The van der Waals surface area contributed by atoms with E-state index in [0.29, 0.717) is 17.7 Å². The van der Waals surface area contributed by atoms with Gasteiger partial charge < -0.3 is 5.11 Å². The molecule has 1 N–H and O–H groups in total. The van der Waals surface area contributed by atoms with Gasteiger partial charge in [0.25, 0.3) is 11.8 Å². The first kappa shape index (κ1) is 20.3. The fraction of sp³-hybridized carbons (Fsp3) is 0.348. The molecule has 1 aromatic heterocycles. The third-order valence-corrected chi connectivity index (χ3v) is 6.92. The van der Waals surface area contributed by atoms with Crippen molar-refractivity contribution < 1.29 is 14.7 Å². The summed E-state index contributed by atoms with van der Waals surface area (Å²) in [5, 5.41) is 11.7. The van der Waals surface area contributed by atoms with Crippen LogP contribution in [0.2, 0.25) is 0 Å². The molecule has 7 nitrogen and oxygen atoms in total. The molecule has 1 atom stereocenters. The lowest BCUT2D eigenvalue weighted by molar-refractivity contribution is 0.0393. The maximum absolute atomic E-state index is 12.5. The number of amides is 2. The third kappa shape index (κ3) is 4.12. The molecule has 160 valence electrons. The van der Waals surface area contributed by atoms with Crippen LogP contribution < -0.4 is 0 Å². The van der Waals surface area contributed by atoms with Crippen LogP contribution in [0.25, 0.3) is 10.2 Å². The number of fused-ring (bicyclic) bond motifs is 2. The Morgan fingerprint density at radius 2 is 1.48 bits per heavy atom. The molecule has 1 unspecified atom stereocenters. The second-order valence-corrected chi connectivity index (χ2v) is 9.19. The maximum Gasteiger partial charge on any atom is 0.261 e. The van der Waals surface area contributed by atoms with Gasteiger partial charge >= 0.3 is 0 Å². The number of para-hydroxylation sites is 1. The monoisotopic (exact) mass is 436 g/mol. The van der Waals surface area contributed by atoms with E-state index in [1.54, 1.807) is 35.6 Å². The minimum absolute atomic E-state index is 0.0261. The second kappa shape index (κ2) is 8.47. The number of nitrogens with zero attached hydrogens (tertiary/aromatic N) is 4. The highest BCUT2D eigenvalue weighted by Crippen LogP contribution is 2.24. The second-order valence-electron chi connectivity index (χ2n) is 8.07. The standard InChI is InChI=1S/C23H24N4O3S/c28-16(14-27-22(29)17-5-1-2-6-18(17)23(27)30)13-25-9-11-26(12-10-25)15-21-24-19-7-3-4-8-20(19)31-21/h1-8,16,28H,9-15H2. The summed E-state index contributed by atoms with van der Waals surface area (Å²) in [5.41, 5.74) is 1.89. The Hall–Kier alpha value is -2.65. The van der Waals surface area contributed by atoms with E-state index < -0.39 is 6.10 Å². The van der Waals surface area contributed by atoms with Gasteiger partial charge in [0.2, 0.25) is 0 Å². The molecule has 31 heavy (non-hydrogen) atoms. The van der Waals surface area contributed by atoms with E-state index in [-0.39, 0.29) is 18.4 Å². The number of aliphatic hydroxyl groups excluding tert-OH is 1. The molecule has 0 radical (unpaired) electrons. The first-order chi connectivity index (χ1) is 15.1. The molecular weight excluding hydrogens is 412 g/mol. The highest BCUT2D eigenvalue weighted by Gasteiger charge is 2.36. The molecule has 2 aliphatic rings. The van der Waals surface area contributed by atoms with Gasteiger partial charge in [-0.3, -0.25) is 24.3 Å². The number of β-amino-alcohol motifs (C(OH)–C–C–N with tert-alkyl or cyclic N) is 1. The average molecular weight is 437 g/mol. The van der Waals surface area contributed by atoms with E-state index in [9.17, 15) is 14.7 Å². The zero-order valence-corrected chi connectivity index (χ0v) is 17.9. The van der Waals surface area contributed by atoms with Gasteiger partial charge in [0.05, 0.1) is 40.5 Å². The Balaban J connectivity index is 1.11. The maximum atomic E-state index is 12.5. The Labute approximate surface area is 184 Å². The Kier molecular flexibility index (Phi) is 5.54. The molecular formula is C23H24N4O3S. The number of aliphatic hydroxyl groups is 1. The largest absolute Gasteiger partial charge is 0.390 e. The number of carbonyl (C=O) groups excluding carboxylic acids is 2. The van der Waals surface area contributed by atoms with E-state index >= 15 is 0 Å². The van der Waals surface area contributed by atoms with E-state index in [2.05, 4.69) is 15.9 Å². The average Bonchev–Trinajstić information content (AvgIpc) is 3.29. The number of hydrogen-bond donors (Lipinski definition) is 1. The SMILES string of the molecule is O=C1c2ccccc2C(=O)N1CC(O)CN1CCN(Cc2nc3ccccc3s2)CC1. The number of imide groups is 1. The fourth-order valence-corrected chi connectivity index (χ4v) is 5.29. The van der Waals surface area contributed by atoms with Crippen molar-refractivity contribution in [3.05, 3.63) is 64.7 Å². The molecule has 0 saturated carbocycles. The number of benzene rings is 2. The number of carbonyl (C=O) groups is 2. The smallest absolute Gasteiger partial charge is 0.261 e. The molecule has 2 aliphatic heterocycles. The molecule has 5 rings (SSSR count). The van der Waals surface area contributed by atoms with E-state index in [4.69, 9.17) is 4.98 Å². The van der Waals surface area contributed by atoms with Crippen molar-refractivity contribution in [2.45, 2.75) is 12.6 Å². The highest BCUT2D eigenvalue weighted by molar-refractivity contribution is 7.18. The minimum atomic E-state index is -0.766. The minimum Gasteiger partial charge on any atom is -0.390 e. The van der Waals surface area contributed by atoms with Gasteiger partial charge in [0.15, 0.2) is 0 Å². The van der Waals surface area contributed by atoms with Crippen LogP contribution >= 0.6 is 11.3 Å². The van der Waals surface area contributed by atoms with Crippen LogP contribution in [0.4, 0.5) is 0 Å². The van der Waals surface area contributed by atoms with Gasteiger partial charge in [-0.1, -0.05) is 24.3 Å². The summed E-state index contributed by atoms with van der Waals surface area (Å²) in [4.78, 5) is 35.4. The van der Waals surface area contributed by atoms with Crippen molar-refractivity contribution in [2.75, 3.05) is 39.3 Å². The zero-order valence-electron chi connectivity index (χ0n) is 17.1. The number of rotatable bonds is 6. The quantitative estimate of drug-likeness (QED) is 0.596. The van der Waals surface area contributed by atoms with Gasteiger partial charge in [-0.2, -0.15) is 0 Å². The van der Waals surface area contributed by atoms with Crippen molar-refractivity contribution >= 4 is 33.4 Å². The lowest BCUT2D eigenvalue weighted by atomic mass is 10.1. The molecule has 1 fully saturated rings. The van der Waals surface area contributed by atoms with E-state index in [1.165, 1.54) is 9.60 Å². The van der Waals surface area contributed by atoms with Gasteiger partial charge in [-0.15, -0.1) is 11.3 Å². The summed E-state index contributed by atoms with van der Waals surface area (Å²) in [5.74, 6) is -0.638. The third-order valence-electron chi connectivity index (χ3n) is 5.90. The lowest BCUT2D eigenvalue weighted by Gasteiger charge is -2.35. The fourth-order valence-electron chi connectivity index (χ4n) is 4.28. The first-order valence-electron chi connectivity index (χ1n) is 10.5. The van der Waals surface area contributed by atoms with Gasteiger partial charge in [0.1, 0.15) is 5.01 Å². The summed E-state index contributed by atoms with van der Waals surface area (Å²) in [6.07, 6.45) is -0.766. The molecule has 8 heteroatoms. The predicted octanol–water partition coefficient (Wildman–Crippen LogP) is 2.07. The number of hydrogen-bond acceptors (Lipinski definition) is 7. The number of aromatic nitrogens is 1. The highest BCUT2D eigenvalue weighted by atomic mass is 32.1. The molecule has 3 aromatic rings. The topological polar surface area (TPSA) is 77.0 Å². The van der Waals surface area contributed by atoms with Crippen molar-refractivity contribution in [3.8, 4) is 0 Å². The molecule has 1 saturated heterocycles. The zero-order chi connectivity index (χ0) is 21.4. The molecule has 2 amide bonds. The molecule has 3 heterocycles. The van der Waals surface area contributed by atoms with Crippen molar-refractivity contribution in [1.82, 2.24) is 19.7 Å². The van der Waals surface area contributed by atoms with Crippen LogP contribution in [0.5, 0.6) is 0 Å². The van der Waals surface area contributed by atoms with Crippen LogP contribution in [-0.4, -0.2) is 82.0 Å². The predicted molar refractivity (Wildman–Crippen MR) is 119 cm³/mol. The number of thiazole rings is 1. The van der Waals surface area contributed by atoms with Crippen molar-refractivity contribution in [1.29, 1.82) is 0 Å². The summed E-state index contributed by atoms with van der Waals surface area (Å²) in [6.45, 7) is 4.78. The summed E-state index contributed by atoms with van der Waals surface area (Å²) in [7, 11) is 0. The Bertz CT molecular complexity index is 1050. The van der Waals surface area contributed by atoms with Crippen molar-refractivity contribution in [3.63, 3.8) is 0 Å². The van der Waals surface area contributed by atoms with Crippen LogP contribution in [0.1, 0.15) is 25.7 Å². The van der Waals surface area contributed by atoms with E-state index in [1.807, 2.05) is 18.2 Å². The van der Waals surface area contributed by atoms with Gasteiger partial charge in [0, 0.05) is 32.7 Å². The van der Waals surface area contributed by atoms with E-state index in [0.717, 1.165) is 43.2 Å². The molecule has 0 bridgehead atoms. The summed E-state index contributed by atoms with van der Waals surface area (Å²) < 4.78 is 1.22. The number of piperazine rings is 1. The van der Waals surface area contributed by atoms with Crippen LogP contribution in [0.3, 0.4) is 0 Å². The van der Waals surface area contributed by atoms with Gasteiger partial charge in [-0.05, 0) is 24.3 Å². The molecule has 2 aromatic carbocycles. The van der Waals surface area contributed by atoms with Crippen molar-refractivity contribution in [2.24, 2.45) is 0 Å².